The Morgan fingerprint density at radius 1 is 1.08 bits per heavy atom. The molecule has 5 nitrogen and oxygen atoms in total. The average Bonchev–Trinajstić information content (AvgIpc) is 2.60. The van der Waals surface area contributed by atoms with E-state index >= 15 is 0 Å². The molecule has 0 atom stereocenters. The summed E-state index contributed by atoms with van der Waals surface area (Å²) in [5, 5.41) is 3.54. The second kappa shape index (κ2) is 9.30. The lowest BCUT2D eigenvalue weighted by atomic mass is 10.1. The second-order valence-electron chi connectivity index (χ2n) is 5.16. The van der Waals surface area contributed by atoms with Gasteiger partial charge in [0, 0.05) is 22.2 Å². The topological polar surface area (TPSA) is 64.6 Å². The number of methoxy groups -OCH3 is 1. The van der Waals surface area contributed by atoms with Gasteiger partial charge in [0.1, 0.15) is 5.75 Å². The van der Waals surface area contributed by atoms with Crippen LogP contribution >= 0.6 is 23.2 Å². The van der Waals surface area contributed by atoms with Crippen molar-refractivity contribution in [3.8, 4) is 5.75 Å². The summed E-state index contributed by atoms with van der Waals surface area (Å²) in [6.07, 6.45) is -0.0320. The van der Waals surface area contributed by atoms with Crippen molar-refractivity contribution in [1.29, 1.82) is 0 Å². The molecular weight excluding hydrogens is 365 g/mol. The lowest BCUT2D eigenvalue weighted by molar-refractivity contribution is -0.147. The van der Waals surface area contributed by atoms with E-state index in [0.29, 0.717) is 21.4 Å². The van der Waals surface area contributed by atoms with Gasteiger partial charge in [-0.25, -0.2) is 0 Å². The van der Waals surface area contributed by atoms with E-state index in [1.54, 1.807) is 31.4 Å². The lowest BCUT2D eigenvalue weighted by Gasteiger charge is -2.10. The Hall–Kier alpha value is -2.24. The number of hydrogen-bond acceptors (Lipinski definition) is 4. The smallest absolute Gasteiger partial charge is 0.310 e. The van der Waals surface area contributed by atoms with Crippen molar-refractivity contribution < 1.29 is 19.1 Å². The molecule has 0 radical (unpaired) electrons. The zero-order valence-electron chi connectivity index (χ0n) is 13.6. The van der Waals surface area contributed by atoms with Gasteiger partial charge in [-0.1, -0.05) is 47.5 Å². The Morgan fingerprint density at radius 3 is 2.56 bits per heavy atom. The molecule has 132 valence electrons. The highest BCUT2D eigenvalue weighted by molar-refractivity contribution is 6.35. The van der Waals surface area contributed by atoms with Gasteiger partial charge >= 0.3 is 5.97 Å². The van der Waals surface area contributed by atoms with E-state index in [9.17, 15) is 9.59 Å². The van der Waals surface area contributed by atoms with Crippen molar-refractivity contribution in [2.45, 2.75) is 13.0 Å². The second-order valence-corrected chi connectivity index (χ2v) is 6.01. The van der Waals surface area contributed by atoms with E-state index < -0.39 is 11.9 Å². The van der Waals surface area contributed by atoms with Crippen molar-refractivity contribution in [3.63, 3.8) is 0 Å². The van der Waals surface area contributed by atoms with Crippen LogP contribution in [0.3, 0.4) is 0 Å². The molecule has 0 heterocycles. The first-order valence-corrected chi connectivity index (χ1v) is 8.23. The maximum Gasteiger partial charge on any atom is 0.310 e. The van der Waals surface area contributed by atoms with Crippen LogP contribution in [-0.2, 0) is 27.3 Å². The van der Waals surface area contributed by atoms with E-state index in [4.69, 9.17) is 32.7 Å². The van der Waals surface area contributed by atoms with Crippen molar-refractivity contribution >= 4 is 35.1 Å². The van der Waals surface area contributed by atoms with Crippen molar-refractivity contribution in [3.05, 3.63) is 63.6 Å². The Kier molecular flexibility index (Phi) is 7.10. The minimum absolute atomic E-state index is 0.0320. The highest BCUT2D eigenvalue weighted by Crippen LogP contribution is 2.21. The Balaban J connectivity index is 1.78. The maximum absolute atomic E-state index is 11.8. The van der Waals surface area contributed by atoms with Crippen molar-refractivity contribution in [2.75, 3.05) is 13.7 Å². The van der Waals surface area contributed by atoms with Crippen molar-refractivity contribution in [2.24, 2.45) is 0 Å². The number of rotatable bonds is 7. The van der Waals surface area contributed by atoms with Crippen LogP contribution in [0.15, 0.2) is 42.5 Å². The molecule has 2 aromatic carbocycles. The summed E-state index contributed by atoms with van der Waals surface area (Å²) in [4.78, 5) is 23.6. The van der Waals surface area contributed by atoms with Crippen LogP contribution in [0.2, 0.25) is 10.0 Å². The van der Waals surface area contributed by atoms with Crippen LogP contribution in [0, 0.1) is 0 Å². The number of ether oxygens (including phenoxy) is 2. The molecule has 0 aliphatic carbocycles. The summed E-state index contributed by atoms with van der Waals surface area (Å²) in [6.45, 7) is -0.0808. The molecule has 0 spiro atoms. The third-order valence-electron chi connectivity index (χ3n) is 3.38. The zero-order valence-corrected chi connectivity index (χ0v) is 15.1. The fourth-order valence-corrected chi connectivity index (χ4v) is 2.59. The average molecular weight is 382 g/mol. The third kappa shape index (κ3) is 5.96. The molecule has 25 heavy (non-hydrogen) atoms. The van der Waals surface area contributed by atoms with E-state index in [1.165, 1.54) is 0 Å². The molecule has 0 fully saturated rings. The molecule has 0 aliphatic rings. The third-order valence-corrected chi connectivity index (χ3v) is 3.97. The first-order valence-electron chi connectivity index (χ1n) is 7.47. The van der Waals surface area contributed by atoms with E-state index in [0.717, 1.165) is 5.56 Å². The number of hydrogen-bond donors (Lipinski definition) is 1. The summed E-state index contributed by atoms with van der Waals surface area (Å²) in [7, 11) is 1.56. The number of carbonyl (C=O) groups excluding carboxylic acids is 2. The van der Waals surface area contributed by atoms with Gasteiger partial charge in [0.2, 0.25) is 0 Å². The van der Waals surface area contributed by atoms with Crippen molar-refractivity contribution in [1.82, 2.24) is 5.32 Å². The van der Waals surface area contributed by atoms with E-state index in [2.05, 4.69) is 5.32 Å². The normalized spacial score (nSPS) is 10.2. The monoisotopic (exact) mass is 381 g/mol. The quantitative estimate of drug-likeness (QED) is 0.746. The number of carbonyl (C=O) groups is 2. The minimum Gasteiger partial charge on any atom is -0.496 e. The molecule has 0 saturated heterocycles. The van der Waals surface area contributed by atoms with Gasteiger partial charge in [0.05, 0.1) is 13.5 Å². The van der Waals surface area contributed by atoms with Crippen LogP contribution in [-0.4, -0.2) is 25.6 Å². The molecular formula is C18H17Cl2NO4. The van der Waals surface area contributed by atoms with Gasteiger partial charge in [-0.2, -0.15) is 0 Å². The molecule has 0 saturated carbocycles. The minimum atomic E-state index is -0.545. The Morgan fingerprint density at radius 2 is 1.84 bits per heavy atom. The molecule has 2 aromatic rings. The largest absolute Gasteiger partial charge is 0.496 e. The van der Waals surface area contributed by atoms with Gasteiger partial charge in [0.25, 0.3) is 5.91 Å². The van der Waals surface area contributed by atoms with Crippen LogP contribution in [0.25, 0.3) is 0 Å². The summed E-state index contributed by atoms with van der Waals surface area (Å²) < 4.78 is 10.2. The molecule has 0 aliphatic heterocycles. The van der Waals surface area contributed by atoms with Gasteiger partial charge in [0.15, 0.2) is 6.61 Å². The standard InChI is InChI=1S/C18H17Cl2NO4/c1-24-16-5-3-2-4-13(16)10-21-17(22)11-25-18(23)8-12-6-7-14(19)9-15(12)20/h2-7,9H,8,10-11H2,1H3,(H,21,22). The maximum atomic E-state index is 11.8. The number of amides is 1. The fourth-order valence-electron chi connectivity index (χ4n) is 2.11. The molecule has 0 aromatic heterocycles. The van der Waals surface area contributed by atoms with Gasteiger partial charge in [-0.05, 0) is 23.8 Å². The molecule has 1 amide bonds. The van der Waals surface area contributed by atoms with Gasteiger partial charge in [-0.3, -0.25) is 9.59 Å². The summed E-state index contributed by atoms with van der Waals surface area (Å²) in [5.41, 5.74) is 1.42. The Labute approximate surface area is 155 Å². The summed E-state index contributed by atoms with van der Waals surface area (Å²) in [6, 6.07) is 12.2. The SMILES string of the molecule is COc1ccccc1CNC(=O)COC(=O)Cc1ccc(Cl)cc1Cl. The first kappa shape index (κ1) is 19.1. The first-order chi connectivity index (χ1) is 12.0. The van der Waals surface area contributed by atoms with Crippen LogP contribution < -0.4 is 10.1 Å². The van der Waals surface area contributed by atoms with Gasteiger partial charge < -0.3 is 14.8 Å². The number of benzene rings is 2. The van der Waals surface area contributed by atoms with Crippen LogP contribution in [0.4, 0.5) is 0 Å². The molecule has 1 N–H and O–H groups in total. The summed E-state index contributed by atoms with van der Waals surface area (Å²) >= 11 is 11.8. The number of para-hydroxylation sites is 1. The molecule has 7 heteroatoms. The lowest BCUT2D eigenvalue weighted by Crippen LogP contribution is -2.28. The van der Waals surface area contributed by atoms with Gasteiger partial charge in [-0.15, -0.1) is 0 Å². The Bertz CT molecular complexity index is 764. The highest BCUT2D eigenvalue weighted by atomic mass is 35.5. The molecule has 0 unspecified atom stereocenters. The number of esters is 1. The number of halogens is 2. The van der Waals surface area contributed by atoms with E-state index in [-0.39, 0.29) is 19.6 Å². The molecule has 2 rings (SSSR count). The van der Waals surface area contributed by atoms with E-state index in [1.807, 2.05) is 18.2 Å². The van der Waals surface area contributed by atoms with Crippen LogP contribution in [0.1, 0.15) is 11.1 Å². The predicted octanol–water partition coefficient (Wildman–Crippen LogP) is 3.40. The molecule has 0 bridgehead atoms. The fraction of sp³-hybridized carbons (Fsp3) is 0.222. The summed E-state index contributed by atoms with van der Waals surface area (Å²) in [5.74, 6) is -0.268. The zero-order chi connectivity index (χ0) is 18.2. The predicted molar refractivity (Wildman–Crippen MR) is 96.0 cm³/mol. The van der Waals surface area contributed by atoms with Crippen LogP contribution in [0.5, 0.6) is 5.75 Å². The highest BCUT2D eigenvalue weighted by Gasteiger charge is 2.11. The number of nitrogens with one attached hydrogen (secondary N) is 1.